The van der Waals surface area contributed by atoms with E-state index in [0.29, 0.717) is 0 Å². The summed E-state index contributed by atoms with van der Waals surface area (Å²) in [6.45, 7) is 7.57. The average Bonchev–Trinajstić information content (AvgIpc) is 3.01. The monoisotopic (exact) mass is 218 g/mol. The van der Waals surface area contributed by atoms with Crippen LogP contribution in [0.5, 0.6) is 5.75 Å². The molecule has 16 heavy (non-hydrogen) atoms. The molecule has 0 atom stereocenters. The highest BCUT2D eigenvalue weighted by Gasteiger charge is 2.20. The molecule has 0 radical (unpaired) electrons. The zero-order valence-corrected chi connectivity index (χ0v) is 10.6. The highest BCUT2D eigenvalue weighted by molar-refractivity contribution is 5.31. The lowest BCUT2D eigenvalue weighted by Gasteiger charge is -2.19. The van der Waals surface area contributed by atoms with E-state index < -0.39 is 0 Å². The van der Waals surface area contributed by atoms with Crippen molar-refractivity contribution in [1.82, 2.24) is 0 Å². The van der Waals surface area contributed by atoms with Crippen LogP contribution in [0.25, 0.3) is 0 Å². The molecule has 0 heterocycles. The molecule has 2 rings (SSSR count). The fraction of sp³-hybridized carbons (Fsp3) is 0.600. The molecule has 0 bridgehead atoms. The smallest absolute Gasteiger partial charge is 0.119 e. The Morgan fingerprint density at radius 1 is 1.12 bits per heavy atom. The summed E-state index contributed by atoms with van der Waals surface area (Å²) in [4.78, 5) is 0. The summed E-state index contributed by atoms with van der Waals surface area (Å²) in [5.41, 5.74) is 1.59. The number of benzene rings is 1. The molecule has 1 aliphatic rings. The lowest BCUT2D eigenvalue weighted by molar-refractivity contribution is 0.302. The van der Waals surface area contributed by atoms with Crippen molar-refractivity contribution < 1.29 is 4.74 Å². The van der Waals surface area contributed by atoms with Gasteiger partial charge in [-0.3, -0.25) is 0 Å². The van der Waals surface area contributed by atoms with Crippen LogP contribution < -0.4 is 4.74 Å². The van der Waals surface area contributed by atoms with Gasteiger partial charge in [0.15, 0.2) is 0 Å². The van der Waals surface area contributed by atoms with Gasteiger partial charge in [-0.25, -0.2) is 0 Å². The van der Waals surface area contributed by atoms with Crippen LogP contribution >= 0.6 is 0 Å². The molecule has 1 nitrogen and oxygen atoms in total. The first-order valence-electron chi connectivity index (χ1n) is 6.29. The lowest BCUT2D eigenvalue weighted by Crippen LogP contribution is -2.10. The molecule has 0 saturated heterocycles. The van der Waals surface area contributed by atoms with Crippen LogP contribution in [0.2, 0.25) is 0 Å². The van der Waals surface area contributed by atoms with Gasteiger partial charge in [0, 0.05) is 0 Å². The molecular weight excluding hydrogens is 196 g/mol. The van der Waals surface area contributed by atoms with E-state index in [2.05, 4.69) is 45.0 Å². The van der Waals surface area contributed by atoms with E-state index in [1.54, 1.807) is 0 Å². The van der Waals surface area contributed by atoms with Crippen LogP contribution in [0.4, 0.5) is 0 Å². The van der Waals surface area contributed by atoms with E-state index in [-0.39, 0.29) is 5.41 Å². The molecule has 88 valence electrons. The predicted molar refractivity (Wildman–Crippen MR) is 68.0 cm³/mol. The average molecular weight is 218 g/mol. The number of rotatable bonds is 4. The quantitative estimate of drug-likeness (QED) is 0.737. The molecule has 0 spiro atoms. The first-order valence-corrected chi connectivity index (χ1v) is 6.29. The standard InChI is InChI=1S/C15H22O/c1-15(2,3)13-6-8-14(9-7-13)16-11-10-12-4-5-12/h6-9,12H,4-5,10-11H2,1-3H3. The van der Waals surface area contributed by atoms with Crippen molar-refractivity contribution in [1.29, 1.82) is 0 Å². The van der Waals surface area contributed by atoms with Crippen LogP contribution in [-0.2, 0) is 5.41 Å². The molecule has 0 amide bonds. The van der Waals surface area contributed by atoms with Gasteiger partial charge in [-0.15, -0.1) is 0 Å². The maximum atomic E-state index is 5.72. The Bertz CT molecular complexity index is 327. The maximum Gasteiger partial charge on any atom is 0.119 e. The molecule has 1 aromatic rings. The summed E-state index contributed by atoms with van der Waals surface area (Å²) in [5, 5.41) is 0. The topological polar surface area (TPSA) is 9.23 Å². The largest absolute Gasteiger partial charge is 0.494 e. The van der Waals surface area contributed by atoms with Crippen LogP contribution in [0.3, 0.4) is 0 Å². The molecule has 1 fully saturated rings. The zero-order valence-electron chi connectivity index (χ0n) is 10.6. The summed E-state index contributed by atoms with van der Waals surface area (Å²) in [5.74, 6) is 1.96. The fourth-order valence-electron chi connectivity index (χ4n) is 1.80. The van der Waals surface area contributed by atoms with Crippen molar-refractivity contribution in [3.63, 3.8) is 0 Å². The Labute approximate surface area is 98.8 Å². The van der Waals surface area contributed by atoms with Gasteiger partial charge in [-0.2, -0.15) is 0 Å². The van der Waals surface area contributed by atoms with Crippen molar-refractivity contribution >= 4 is 0 Å². The lowest BCUT2D eigenvalue weighted by atomic mass is 9.87. The highest BCUT2D eigenvalue weighted by Crippen LogP contribution is 2.32. The van der Waals surface area contributed by atoms with E-state index >= 15 is 0 Å². The van der Waals surface area contributed by atoms with Gasteiger partial charge < -0.3 is 4.74 Å². The van der Waals surface area contributed by atoms with Gasteiger partial charge in [-0.05, 0) is 35.4 Å². The summed E-state index contributed by atoms with van der Waals surface area (Å²) < 4.78 is 5.72. The summed E-state index contributed by atoms with van der Waals surface area (Å²) in [7, 11) is 0. The first-order chi connectivity index (χ1) is 7.55. The second-order valence-corrected chi connectivity index (χ2v) is 5.85. The Kier molecular flexibility index (Phi) is 3.22. The third-order valence-electron chi connectivity index (χ3n) is 3.21. The maximum absolute atomic E-state index is 5.72. The third-order valence-corrected chi connectivity index (χ3v) is 3.21. The van der Waals surface area contributed by atoms with Crippen molar-refractivity contribution in [2.45, 2.75) is 45.4 Å². The van der Waals surface area contributed by atoms with Gasteiger partial charge in [0.1, 0.15) is 5.75 Å². The molecule has 1 heteroatoms. The highest BCUT2D eigenvalue weighted by atomic mass is 16.5. The van der Waals surface area contributed by atoms with Gasteiger partial charge in [0.2, 0.25) is 0 Å². The zero-order chi connectivity index (χ0) is 11.6. The van der Waals surface area contributed by atoms with Crippen molar-refractivity contribution in [2.75, 3.05) is 6.61 Å². The molecule has 1 saturated carbocycles. The Balaban J connectivity index is 1.85. The molecule has 0 aliphatic heterocycles. The van der Waals surface area contributed by atoms with E-state index in [1.807, 2.05) is 0 Å². The van der Waals surface area contributed by atoms with Crippen LogP contribution in [0, 0.1) is 5.92 Å². The Morgan fingerprint density at radius 3 is 2.25 bits per heavy atom. The van der Waals surface area contributed by atoms with Crippen LogP contribution in [0.15, 0.2) is 24.3 Å². The minimum atomic E-state index is 0.229. The number of ether oxygens (including phenoxy) is 1. The molecule has 0 N–H and O–H groups in total. The van der Waals surface area contributed by atoms with Gasteiger partial charge in [-0.1, -0.05) is 45.7 Å². The second-order valence-electron chi connectivity index (χ2n) is 5.85. The van der Waals surface area contributed by atoms with Crippen LogP contribution in [0.1, 0.15) is 45.6 Å². The summed E-state index contributed by atoms with van der Waals surface area (Å²) in [6.07, 6.45) is 4.04. The second kappa shape index (κ2) is 4.48. The minimum Gasteiger partial charge on any atom is -0.494 e. The van der Waals surface area contributed by atoms with Gasteiger partial charge in [0.05, 0.1) is 6.61 Å². The Hall–Kier alpha value is -0.980. The molecule has 0 aromatic heterocycles. The fourth-order valence-corrected chi connectivity index (χ4v) is 1.80. The van der Waals surface area contributed by atoms with E-state index in [4.69, 9.17) is 4.74 Å². The van der Waals surface area contributed by atoms with Crippen molar-refractivity contribution in [3.8, 4) is 5.75 Å². The van der Waals surface area contributed by atoms with Crippen molar-refractivity contribution in [3.05, 3.63) is 29.8 Å². The first kappa shape index (κ1) is 11.5. The predicted octanol–water partition coefficient (Wildman–Crippen LogP) is 4.16. The summed E-state index contributed by atoms with van der Waals surface area (Å²) in [6, 6.07) is 8.53. The minimum absolute atomic E-state index is 0.229. The molecule has 1 aliphatic carbocycles. The molecule has 1 aromatic carbocycles. The van der Waals surface area contributed by atoms with E-state index in [9.17, 15) is 0 Å². The normalized spacial score (nSPS) is 16.2. The van der Waals surface area contributed by atoms with Crippen molar-refractivity contribution in [2.24, 2.45) is 5.92 Å². The third kappa shape index (κ3) is 3.26. The SMILES string of the molecule is CC(C)(C)c1ccc(OCCC2CC2)cc1. The molecule has 0 unspecified atom stereocenters. The van der Waals surface area contributed by atoms with E-state index in [1.165, 1.54) is 24.8 Å². The van der Waals surface area contributed by atoms with Gasteiger partial charge in [0.25, 0.3) is 0 Å². The molecular formula is C15H22O. The van der Waals surface area contributed by atoms with E-state index in [0.717, 1.165) is 18.3 Å². The Morgan fingerprint density at radius 2 is 1.75 bits per heavy atom. The van der Waals surface area contributed by atoms with Gasteiger partial charge >= 0.3 is 0 Å². The summed E-state index contributed by atoms with van der Waals surface area (Å²) >= 11 is 0. The number of hydrogen-bond acceptors (Lipinski definition) is 1. The number of hydrogen-bond donors (Lipinski definition) is 0. The van der Waals surface area contributed by atoms with Crippen LogP contribution in [-0.4, -0.2) is 6.61 Å².